The number of imidazole rings is 1. The quantitative estimate of drug-likeness (QED) is 0.615. The number of nitrogens with one attached hydrogen (secondary N) is 1. The van der Waals surface area contributed by atoms with Gasteiger partial charge in [0.25, 0.3) is 0 Å². The molecule has 6 heteroatoms. The van der Waals surface area contributed by atoms with E-state index in [9.17, 15) is 4.79 Å². The largest absolute Gasteiger partial charge is 0.349 e. The molecule has 1 heterocycles. The first-order valence-electron chi connectivity index (χ1n) is 8.34. The summed E-state index contributed by atoms with van der Waals surface area (Å²) in [6.07, 6.45) is 5.41. The van der Waals surface area contributed by atoms with Gasteiger partial charge in [0.2, 0.25) is 5.91 Å². The van der Waals surface area contributed by atoms with E-state index in [0.29, 0.717) is 5.02 Å². The minimum Gasteiger partial charge on any atom is -0.349 e. The van der Waals surface area contributed by atoms with Crippen molar-refractivity contribution in [1.29, 1.82) is 0 Å². The zero-order valence-electron chi connectivity index (χ0n) is 14.6. The molecule has 0 radical (unpaired) electrons. The molecular weight excluding hydrogens is 366 g/mol. The number of benzene rings is 2. The molecule has 0 saturated heterocycles. The molecule has 0 aliphatic heterocycles. The molecular formula is C20H20ClN3OS. The summed E-state index contributed by atoms with van der Waals surface area (Å²) in [5.41, 5.74) is 2.10. The fraction of sp³-hybridized carbons (Fsp3) is 0.200. The van der Waals surface area contributed by atoms with Crippen molar-refractivity contribution >= 4 is 29.3 Å². The third-order valence-corrected chi connectivity index (χ3v) is 5.41. The Bertz CT molecular complexity index is 848. The van der Waals surface area contributed by atoms with E-state index in [1.54, 1.807) is 12.5 Å². The average molecular weight is 386 g/mol. The average Bonchev–Trinajstić information content (AvgIpc) is 3.18. The second-order valence-electron chi connectivity index (χ2n) is 6.01. The van der Waals surface area contributed by atoms with E-state index >= 15 is 0 Å². The SMILES string of the molecule is CC(Sc1ccc(Cl)cc1)C(=O)NC(C)c1ccc(-n2ccnc2)cc1. The fourth-order valence-corrected chi connectivity index (χ4v) is 3.53. The van der Waals surface area contributed by atoms with E-state index in [-0.39, 0.29) is 17.2 Å². The van der Waals surface area contributed by atoms with Crippen LogP contribution in [0.25, 0.3) is 5.69 Å². The Labute approximate surface area is 162 Å². The monoisotopic (exact) mass is 385 g/mol. The van der Waals surface area contributed by atoms with Gasteiger partial charge in [-0.3, -0.25) is 4.79 Å². The van der Waals surface area contributed by atoms with Crippen molar-refractivity contribution in [3.8, 4) is 5.69 Å². The highest BCUT2D eigenvalue weighted by atomic mass is 35.5. The van der Waals surface area contributed by atoms with Crippen LogP contribution in [0.15, 0.2) is 72.1 Å². The molecule has 0 fully saturated rings. The van der Waals surface area contributed by atoms with Gasteiger partial charge in [0.05, 0.1) is 17.6 Å². The van der Waals surface area contributed by atoms with E-state index in [4.69, 9.17) is 11.6 Å². The molecule has 1 N–H and O–H groups in total. The van der Waals surface area contributed by atoms with Crippen molar-refractivity contribution in [3.63, 3.8) is 0 Å². The lowest BCUT2D eigenvalue weighted by atomic mass is 10.1. The highest BCUT2D eigenvalue weighted by Crippen LogP contribution is 2.25. The van der Waals surface area contributed by atoms with E-state index < -0.39 is 0 Å². The number of hydrogen-bond donors (Lipinski definition) is 1. The summed E-state index contributed by atoms with van der Waals surface area (Å²) >= 11 is 7.41. The summed E-state index contributed by atoms with van der Waals surface area (Å²) in [5, 5.41) is 3.58. The molecule has 0 spiro atoms. The molecule has 3 rings (SSSR count). The highest BCUT2D eigenvalue weighted by molar-refractivity contribution is 8.00. The normalized spacial score (nSPS) is 13.2. The Balaban J connectivity index is 1.58. The number of rotatable bonds is 6. The number of aromatic nitrogens is 2. The van der Waals surface area contributed by atoms with Crippen molar-refractivity contribution in [2.24, 2.45) is 0 Å². The summed E-state index contributed by atoms with van der Waals surface area (Å²) in [4.78, 5) is 17.6. The maximum Gasteiger partial charge on any atom is 0.233 e. The number of thioether (sulfide) groups is 1. The van der Waals surface area contributed by atoms with Crippen LogP contribution in [0.1, 0.15) is 25.5 Å². The molecule has 0 saturated carbocycles. The van der Waals surface area contributed by atoms with Crippen LogP contribution >= 0.6 is 23.4 Å². The Hall–Kier alpha value is -2.24. The number of nitrogens with zero attached hydrogens (tertiary/aromatic N) is 2. The predicted octanol–water partition coefficient (Wildman–Crippen LogP) is 4.88. The summed E-state index contributed by atoms with van der Waals surface area (Å²) in [5.74, 6) is 0.0103. The first-order valence-corrected chi connectivity index (χ1v) is 9.59. The molecule has 1 aromatic heterocycles. The van der Waals surface area contributed by atoms with Gasteiger partial charge in [-0.2, -0.15) is 0 Å². The number of carbonyl (C=O) groups is 1. The standard InChI is InChI=1S/C20H20ClN3OS/c1-14(16-3-7-18(8-4-16)24-12-11-22-13-24)23-20(25)15(2)26-19-9-5-17(21)6-10-19/h3-15H,1-2H3,(H,23,25). The van der Waals surface area contributed by atoms with Gasteiger partial charge in [0.1, 0.15) is 0 Å². The minimum atomic E-state index is -0.191. The zero-order chi connectivity index (χ0) is 18.5. The maximum absolute atomic E-state index is 12.5. The van der Waals surface area contributed by atoms with E-state index in [2.05, 4.69) is 10.3 Å². The van der Waals surface area contributed by atoms with Crippen molar-refractivity contribution in [3.05, 3.63) is 77.8 Å². The Morgan fingerprint density at radius 3 is 2.42 bits per heavy atom. The van der Waals surface area contributed by atoms with Crippen molar-refractivity contribution in [2.75, 3.05) is 0 Å². The summed E-state index contributed by atoms with van der Waals surface area (Å²) in [7, 11) is 0. The summed E-state index contributed by atoms with van der Waals surface area (Å²) in [6.45, 7) is 3.90. The molecule has 0 aliphatic carbocycles. The zero-order valence-corrected chi connectivity index (χ0v) is 16.2. The first kappa shape index (κ1) is 18.5. The van der Waals surface area contributed by atoms with Gasteiger partial charge in [-0.15, -0.1) is 11.8 Å². The third-order valence-electron chi connectivity index (χ3n) is 4.05. The Kier molecular flexibility index (Phi) is 6.01. The molecule has 134 valence electrons. The molecule has 0 aliphatic rings. The fourth-order valence-electron chi connectivity index (χ4n) is 2.53. The topological polar surface area (TPSA) is 46.9 Å². The van der Waals surface area contributed by atoms with Crippen molar-refractivity contribution < 1.29 is 4.79 Å². The molecule has 1 amide bonds. The molecule has 26 heavy (non-hydrogen) atoms. The Morgan fingerprint density at radius 1 is 1.12 bits per heavy atom. The molecule has 3 aromatic rings. The van der Waals surface area contributed by atoms with Crippen LogP contribution in [0.5, 0.6) is 0 Å². The lowest BCUT2D eigenvalue weighted by molar-refractivity contribution is -0.120. The van der Waals surface area contributed by atoms with Gasteiger partial charge in [0, 0.05) is 28.0 Å². The van der Waals surface area contributed by atoms with Gasteiger partial charge >= 0.3 is 0 Å². The van der Waals surface area contributed by atoms with Gasteiger partial charge in [-0.1, -0.05) is 23.7 Å². The van der Waals surface area contributed by atoms with Crippen LogP contribution in [0.2, 0.25) is 5.02 Å². The molecule has 4 nitrogen and oxygen atoms in total. The maximum atomic E-state index is 12.5. The number of halogens is 1. The lowest BCUT2D eigenvalue weighted by Crippen LogP contribution is -2.33. The molecule has 2 unspecified atom stereocenters. The highest BCUT2D eigenvalue weighted by Gasteiger charge is 2.17. The van der Waals surface area contributed by atoms with E-state index in [0.717, 1.165) is 16.1 Å². The van der Waals surface area contributed by atoms with Crippen LogP contribution < -0.4 is 5.32 Å². The van der Waals surface area contributed by atoms with Crippen LogP contribution in [0, 0.1) is 0 Å². The predicted molar refractivity (Wildman–Crippen MR) is 107 cm³/mol. The molecule has 0 bridgehead atoms. The Morgan fingerprint density at radius 2 is 1.81 bits per heavy atom. The van der Waals surface area contributed by atoms with E-state index in [1.165, 1.54) is 11.8 Å². The number of hydrogen-bond acceptors (Lipinski definition) is 3. The summed E-state index contributed by atoms with van der Waals surface area (Å²) < 4.78 is 1.94. The second-order valence-corrected chi connectivity index (χ2v) is 7.86. The van der Waals surface area contributed by atoms with Crippen LogP contribution in [-0.2, 0) is 4.79 Å². The first-order chi connectivity index (χ1) is 12.5. The van der Waals surface area contributed by atoms with Crippen molar-refractivity contribution in [2.45, 2.75) is 30.0 Å². The third kappa shape index (κ3) is 4.68. The van der Waals surface area contributed by atoms with Crippen molar-refractivity contribution in [1.82, 2.24) is 14.9 Å². The molecule has 2 atom stereocenters. The van der Waals surface area contributed by atoms with Crippen LogP contribution in [-0.4, -0.2) is 20.7 Å². The van der Waals surface area contributed by atoms with Gasteiger partial charge in [0.15, 0.2) is 0 Å². The van der Waals surface area contributed by atoms with Crippen LogP contribution in [0.4, 0.5) is 0 Å². The smallest absolute Gasteiger partial charge is 0.233 e. The van der Waals surface area contributed by atoms with E-state index in [1.807, 2.05) is 73.1 Å². The molecule has 2 aromatic carbocycles. The lowest BCUT2D eigenvalue weighted by Gasteiger charge is -2.18. The van der Waals surface area contributed by atoms with Gasteiger partial charge in [-0.25, -0.2) is 4.98 Å². The van der Waals surface area contributed by atoms with Crippen LogP contribution in [0.3, 0.4) is 0 Å². The number of carbonyl (C=O) groups excluding carboxylic acids is 1. The minimum absolute atomic E-state index is 0.0103. The second kappa shape index (κ2) is 8.43. The van der Waals surface area contributed by atoms with Gasteiger partial charge in [-0.05, 0) is 55.8 Å². The summed E-state index contributed by atoms with van der Waals surface area (Å²) in [6, 6.07) is 15.5. The number of amides is 1. The van der Waals surface area contributed by atoms with Gasteiger partial charge < -0.3 is 9.88 Å².